The molecule has 2 aromatic heterocycles. The summed E-state index contributed by atoms with van der Waals surface area (Å²) in [4.78, 5) is 2.51. The van der Waals surface area contributed by atoms with Gasteiger partial charge in [-0.05, 0) is 160 Å². The van der Waals surface area contributed by atoms with Crippen LogP contribution < -0.4 is 4.90 Å². The third-order valence-corrected chi connectivity index (χ3v) is 17.0. The number of furan rings is 2. The van der Waals surface area contributed by atoms with Gasteiger partial charge in [0.25, 0.3) is 0 Å². The van der Waals surface area contributed by atoms with Gasteiger partial charge in [0.1, 0.15) is 22.3 Å². The van der Waals surface area contributed by atoms with Gasteiger partial charge in [-0.15, -0.1) is 0 Å². The summed E-state index contributed by atoms with van der Waals surface area (Å²) in [5.41, 5.74) is 29.8. The second-order valence-electron chi connectivity index (χ2n) is 22.2. The molecule has 2 heterocycles. The standard InChI is InChI=1S/C67H55NO2/c1-36-31-38(3)55(39(4)32-36)47-35-51-56(58-45-21-13-17-25-53(45)69-63(47)58)43-29-27-40(33-49(43)65(51,5)6)68(52-24-16-11-19-37(52)2)41-28-30-44-50(34-41)67(9,10)61-57(44)59-46-22-14-18-26-54(46)70-64(59)60-42-20-12-15-23-48(42)66(7,8)62(60)61/h11-35H,1-10H3. The van der Waals surface area contributed by atoms with Crippen molar-refractivity contribution in [2.75, 3.05) is 4.90 Å². The molecule has 3 heteroatoms. The van der Waals surface area contributed by atoms with Crippen LogP contribution in [0, 0.1) is 27.7 Å². The van der Waals surface area contributed by atoms with Crippen molar-refractivity contribution in [1.29, 1.82) is 0 Å². The molecule has 0 saturated carbocycles. The molecule has 11 aromatic rings. The van der Waals surface area contributed by atoms with E-state index in [0.29, 0.717) is 0 Å². The van der Waals surface area contributed by atoms with Gasteiger partial charge in [0.2, 0.25) is 0 Å². The molecule has 0 amide bonds. The Balaban J connectivity index is 0.990. The number of rotatable bonds is 4. The van der Waals surface area contributed by atoms with Gasteiger partial charge in [0.15, 0.2) is 0 Å². The van der Waals surface area contributed by atoms with Gasteiger partial charge in [-0.25, -0.2) is 0 Å². The molecule has 3 aliphatic carbocycles. The molecular weight excluding hydrogens is 851 g/mol. The number of hydrogen-bond donors (Lipinski definition) is 0. The fourth-order valence-corrected chi connectivity index (χ4v) is 13.9. The highest BCUT2D eigenvalue weighted by Gasteiger charge is 2.49. The molecule has 0 atom stereocenters. The first-order valence-electron chi connectivity index (χ1n) is 25.0. The van der Waals surface area contributed by atoms with Gasteiger partial charge in [-0.3, -0.25) is 0 Å². The second-order valence-corrected chi connectivity index (χ2v) is 22.2. The van der Waals surface area contributed by atoms with Gasteiger partial charge in [-0.2, -0.15) is 0 Å². The maximum absolute atomic E-state index is 6.99. The zero-order valence-corrected chi connectivity index (χ0v) is 41.7. The van der Waals surface area contributed by atoms with Crippen LogP contribution in [0.25, 0.3) is 88.4 Å². The Morgan fingerprint density at radius 2 is 0.886 bits per heavy atom. The lowest BCUT2D eigenvalue weighted by Gasteiger charge is -2.32. The lowest BCUT2D eigenvalue weighted by atomic mass is 9.72. The van der Waals surface area contributed by atoms with Crippen LogP contribution in [-0.4, -0.2) is 0 Å². The molecular formula is C67H55NO2. The monoisotopic (exact) mass is 905 g/mol. The first-order valence-corrected chi connectivity index (χ1v) is 25.0. The number of para-hydroxylation sites is 3. The molecule has 9 aromatic carbocycles. The van der Waals surface area contributed by atoms with Crippen LogP contribution >= 0.6 is 0 Å². The summed E-state index contributed by atoms with van der Waals surface area (Å²) >= 11 is 0. The van der Waals surface area contributed by atoms with E-state index in [2.05, 4.69) is 226 Å². The summed E-state index contributed by atoms with van der Waals surface area (Å²) < 4.78 is 13.9. The van der Waals surface area contributed by atoms with Gasteiger partial charge >= 0.3 is 0 Å². The van der Waals surface area contributed by atoms with Crippen LogP contribution in [0.2, 0.25) is 0 Å². The smallest absolute Gasteiger partial charge is 0.144 e. The summed E-state index contributed by atoms with van der Waals surface area (Å²) in [6.45, 7) is 23.5. The van der Waals surface area contributed by atoms with E-state index >= 15 is 0 Å². The summed E-state index contributed by atoms with van der Waals surface area (Å²) in [7, 11) is 0. The van der Waals surface area contributed by atoms with E-state index in [0.717, 1.165) is 39.1 Å². The van der Waals surface area contributed by atoms with Crippen molar-refractivity contribution in [3.63, 3.8) is 0 Å². The molecule has 0 radical (unpaired) electrons. The van der Waals surface area contributed by atoms with E-state index in [1.807, 2.05) is 0 Å². The van der Waals surface area contributed by atoms with Crippen LogP contribution in [0.4, 0.5) is 17.1 Å². The molecule has 340 valence electrons. The van der Waals surface area contributed by atoms with E-state index in [1.54, 1.807) is 0 Å². The molecule has 0 aliphatic heterocycles. The molecule has 0 N–H and O–H groups in total. The Bertz CT molecular complexity index is 4120. The highest BCUT2D eigenvalue weighted by molar-refractivity contribution is 6.21. The predicted octanol–water partition coefficient (Wildman–Crippen LogP) is 18.8. The molecule has 0 fully saturated rings. The molecule has 70 heavy (non-hydrogen) atoms. The van der Waals surface area contributed by atoms with Crippen molar-refractivity contribution in [3.05, 3.63) is 207 Å². The average molecular weight is 906 g/mol. The summed E-state index contributed by atoms with van der Waals surface area (Å²) in [5, 5.41) is 4.76. The molecule has 0 saturated heterocycles. The average Bonchev–Trinajstić information content (AvgIpc) is 4.09. The molecule has 3 nitrogen and oxygen atoms in total. The van der Waals surface area contributed by atoms with Crippen molar-refractivity contribution in [3.8, 4) is 44.5 Å². The van der Waals surface area contributed by atoms with Gasteiger partial charge in [-0.1, -0.05) is 150 Å². The lowest BCUT2D eigenvalue weighted by molar-refractivity contribution is 0.600. The minimum absolute atomic E-state index is 0.222. The van der Waals surface area contributed by atoms with E-state index in [-0.39, 0.29) is 16.2 Å². The number of aryl methyl sites for hydroxylation is 4. The third-order valence-electron chi connectivity index (χ3n) is 17.0. The SMILES string of the molecule is Cc1cc(C)c(-c2cc3c(c4c2oc2ccccc24)-c2ccc(N(c4ccc5c(c4)C(C)(C)c4c6c(c7oc8ccccc8c7c4-5)-c4ccccc4C6(C)C)c4ccccc4C)cc2C3(C)C)c(C)c1. The molecule has 0 unspecified atom stereocenters. The van der Waals surface area contributed by atoms with Crippen molar-refractivity contribution in [2.24, 2.45) is 0 Å². The lowest BCUT2D eigenvalue weighted by Crippen LogP contribution is -2.24. The third kappa shape index (κ3) is 5.20. The Morgan fingerprint density at radius 1 is 0.371 bits per heavy atom. The van der Waals surface area contributed by atoms with Crippen molar-refractivity contribution in [2.45, 2.75) is 85.5 Å². The zero-order chi connectivity index (χ0) is 47.9. The summed E-state index contributed by atoms with van der Waals surface area (Å²) in [5.74, 6) is 0. The van der Waals surface area contributed by atoms with Crippen LogP contribution in [0.15, 0.2) is 160 Å². The normalized spacial score (nSPS) is 15.3. The van der Waals surface area contributed by atoms with E-state index < -0.39 is 0 Å². The summed E-state index contributed by atoms with van der Waals surface area (Å²) in [6.07, 6.45) is 0. The van der Waals surface area contributed by atoms with Gasteiger partial charge < -0.3 is 13.7 Å². The largest absolute Gasteiger partial charge is 0.455 e. The van der Waals surface area contributed by atoms with Gasteiger partial charge in [0.05, 0.1) is 0 Å². The van der Waals surface area contributed by atoms with E-state index in [4.69, 9.17) is 8.83 Å². The number of fused-ring (bicyclic) bond motifs is 19. The van der Waals surface area contributed by atoms with E-state index in [1.165, 1.54) is 122 Å². The quantitative estimate of drug-likeness (QED) is 0.176. The highest BCUT2D eigenvalue weighted by Crippen LogP contribution is 2.64. The van der Waals surface area contributed by atoms with Crippen LogP contribution in [0.3, 0.4) is 0 Å². The number of hydrogen-bond acceptors (Lipinski definition) is 3. The predicted molar refractivity (Wildman–Crippen MR) is 293 cm³/mol. The molecule has 0 bridgehead atoms. The Hall–Kier alpha value is -7.62. The molecule has 0 spiro atoms. The Labute approximate surface area is 410 Å². The maximum atomic E-state index is 6.99. The number of nitrogens with zero attached hydrogens (tertiary/aromatic N) is 1. The van der Waals surface area contributed by atoms with Crippen LogP contribution in [-0.2, 0) is 16.2 Å². The van der Waals surface area contributed by atoms with E-state index in [9.17, 15) is 0 Å². The minimum atomic E-state index is -0.319. The highest BCUT2D eigenvalue weighted by atomic mass is 16.3. The molecule has 3 aliphatic rings. The fraction of sp³-hybridized carbons (Fsp3) is 0.194. The molecule has 14 rings (SSSR count). The maximum Gasteiger partial charge on any atom is 0.144 e. The number of anilines is 3. The Morgan fingerprint density at radius 3 is 1.56 bits per heavy atom. The topological polar surface area (TPSA) is 29.5 Å². The van der Waals surface area contributed by atoms with Crippen LogP contribution in [0.5, 0.6) is 0 Å². The van der Waals surface area contributed by atoms with Crippen LogP contribution in [0.1, 0.15) is 97.2 Å². The minimum Gasteiger partial charge on any atom is -0.455 e. The van der Waals surface area contributed by atoms with Gasteiger partial charge in [0, 0.05) is 66.0 Å². The number of benzene rings is 9. The Kier molecular flexibility index (Phi) is 8.15. The second kappa shape index (κ2) is 13.8. The first-order chi connectivity index (χ1) is 33.7. The zero-order valence-electron chi connectivity index (χ0n) is 41.7. The first kappa shape index (κ1) is 41.4. The van der Waals surface area contributed by atoms with Crippen molar-refractivity contribution in [1.82, 2.24) is 0 Å². The summed E-state index contributed by atoms with van der Waals surface area (Å²) in [6, 6.07) is 56.7. The van der Waals surface area contributed by atoms with Crippen molar-refractivity contribution < 1.29 is 8.83 Å². The van der Waals surface area contributed by atoms with Crippen molar-refractivity contribution >= 4 is 60.9 Å². The fourth-order valence-electron chi connectivity index (χ4n) is 13.9.